The van der Waals surface area contributed by atoms with Crippen LogP contribution in [0.2, 0.25) is 0 Å². The quantitative estimate of drug-likeness (QED) is 0.485. The minimum atomic E-state index is -0.903. The lowest BCUT2D eigenvalue weighted by Crippen LogP contribution is -2.28. The molecule has 1 aliphatic rings. The minimum absolute atomic E-state index is 0.127. The van der Waals surface area contributed by atoms with Crippen LogP contribution in [0.1, 0.15) is 0 Å². The third kappa shape index (κ3) is 1.77. The summed E-state index contributed by atoms with van der Waals surface area (Å²) in [5.74, 6) is 0. The molecule has 0 aromatic carbocycles. The van der Waals surface area contributed by atoms with Crippen molar-refractivity contribution in [2.24, 2.45) is 0 Å². The molecule has 0 radical (unpaired) electrons. The molecular formula is C7H9NO3. The van der Waals surface area contributed by atoms with E-state index in [1.54, 1.807) is 6.07 Å². The van der Waals surface area contributed by atoms with Crippen molar-refractivity contribution in [3.63, 3.8) is 0 Å². The van der Waals surface area contributed by atoms with E-state index in [-0.39, 0.29) is 6.61 Å². The summed E-state index contributed by atoms with van der Waals surface area (Å²) >= 11 is 0. The number of aliphatic hydroxyl groups is 2. The van der Waals surface area contributed by atoms with Gasteiger partial charge >= 0.3 is 0 Å². The second-order valence-electron chi connectivity index (χ2n) is 2.34. The normalized spacial score (nSPS) is 37.7. The first-order valence-electron chi connectivity index (χ1n) is 3.29. The minimum Gasteiger partial charge on any atom is -0.388 e. The Balaban J connectivity index is 2.50. The monoisotopic (exact) mass is 155 g/mol. The van der Waals surface area contributed by atoms with E-state index in [0.29, 0.717) is 0 Å². The van der Waals surface area contributed by atoms with Crippen molar-refractivity contribution in [1.29, 1.82) is 5.26 Å². The third-order valence-electron chi connectivity index (χ3n) is 1.55. The molecule has 60 valence electrons. The number of aliphatic hydroxyl groups excluding tert-OH is 2. The van der Waals surface area contributed by atoms with Crippen LogP contribution in [0.5, 0.6) is 0 Å². The van der Waals surface area contributed by atoms with Gasteiger partial charge in [0, 0.05) is 6.08 Å². The summed E-state index contributed by atoms with van der Waals surface area (Å²) in [6, 6.07) is 1.78. The maximum atomic E-state index is 9.15. The van der Waals surface area contributed by atoms with Gasteiger partial charge in [0.05, 0.1) is 12.7 Å². The Bertz CT molecular complexity index is 196. The van der Waals surface area contributed by atoms with Gasteiger partial charge in [-0.05, 0) is 6.08 Å². The predicted molar refractivity (Wildman–Crippen MR) is 36.5 cm³/mol. The molecule has 11 heavy (non-hydrogen) atoms. The fourth-order valence-electron chi connectivity index (χ4n) is 0.933. The van der Waals surface area contributed by atoms with E-state index in [9.17, 15) is 0 Å². The van der Waals surface area contributed by atoms with E-state index < -0.39 is 18.3 Å². The molecule has 1 saturated heterocycles. The van der Waals surface area contributed by atoms with Gasteiger partial charge in [0.2, 0.25) is 0 Å². The van der Waals surface area contributed by atoms with E-state index in [0.717, 1.165) is 0 Å². The lowest BCUT2D eigenvalue weighted by molar-refractivity contribution is 0.0420. The molecule has 0 spiro atoms. The summed E-state index contributed by atoms with van der Waals surface area (Å²) in [5.41, 5.74) is 0. The van der Waals surface area contributed by atoms with E-state index >= 15 is 0 Å². The van der Waals surface area contributed by atoms with Crippen molar-refractivity contribution in [3.05, 3.63) is 12.2 Å². The largest absolute Gasteiger partial charge is 0.388 e. The summed E-state index contributed by atoms with van der Waals surface area (Å²) in [5, 5.41) is 26.3. The van der Waals surface area contributed by atoms with Crippen molar-refractivity contribution in [2.75, 3.05) is 6.61 Å². The molecule has 4 nitrogen and oxygen atoms in total. The van der Waals surface area contributed by atoms with Crippen LogP contribution in [0, 0.1) is 11.3 Å². The Labute approximate surface area is 64.3 Å². The molecule has 0 aromatic rings. The number of nitriles is 1. The van der Waals surface area contributed by atoms with Crippen LogP contribution in [-0.4, -0.2) is 35.1 Å². The van der Waals surface area contributed by atoms with Crippen molar-refractivity contribution in [3.8, 4) is 6.07 Å². The molecule has 0 unspecified atom stereocenters. The smallest absolute Gasteiger partial charge is 0.112 e. The lowest BCUT2D eigenvalue weighted by Gasteiger charge is -2.08. The molecule has 1 heterocycles. The van der Waals surface area contributed by atoms with Crippen LogP contribution in [0.4, 0.5) is 0 Å². The summed E-state index contributed by atoms with van der Waals surface area (Å²) in [4.78, 5) is 0. The highest BCUT2D eigenvalue weighted by molar-refractivity contribution is 5.08. The summed E-state index contributed by atoms with van der Waals surface area (Å²) in [7, 11) is 0. The highest BCUT2D eigenvalue weighted by Crippen LogP contribution is 2.14. The molecule has 0 aliphatic carbocycles. The van der Waals surface area contributed by atoms with Crippen molar-refractivity contribution in [2.45, 2.75) is 18.3 Å². The van der Waals surface area contributed by atoms with E-state index in [2.05, 4.69) is 0 Å². The third-order valence-corrected chi connectivity index (χ3v) is 1.55. The number of allylic oxidation sites excluding steroid dienone is 1. The van der Waals surface area contributed by atoms with E-state index in [1.165, 1.54) is 12.2 Å². The first kappa shape index (κ1) is 8.21. The Morgan fingerprint density at radius 1 is 1.55 bits per heavy atom. The topological polar surface area (TPSA) is 73.5 Å². The van der Waals surface area contributed by atoms with Gasteiger partial charge in [-0.1, -0.05) is 0 Å². The van der Waals surface area contributed by atoms with E-state index in [1.807, 2.05) is 0 Å². The van der Waals surface area contributed by atoms with Gasteiger partial charge in [0.25, 0.3) is 0 Å². The standard InChI is InChI=1S/C7H9NO3/c8-3-1-2-6-7(10)5(9)4-11-6/h1-2,5-7,9-10H,4H2/b2-1+/t5-,6-,7-/m1/s1. The molecule has 0 aromatic heterocycles. The van der Waals surface area contributed by atoms with Gasteiger partial charge in [-0.3, -0.25) is 0 Å². The van der Waals surface area contributed by atoms with E-state index in [4.69, 9.17) is 20.2 Å². The summed E-state index contributed by atoms with van der Waals surface area (Å²) < 4.78 is 4.94. The van der Waals surface area contributed by atoms with Gasteiger partial charge in [-0.2, -0.15) is 5.26 Å². The van der Waals surface area contributed by atoms with Crippen LogP contribution in [-0.2, 0) is 4.74 Å². The molecule has 0 saturated carbocycles. The van der Waals surface area contributed by atoms with Crippen LogP contribution in [0.15, 0.2) is 12.2 Å². The molecule has 4 heteroatoms. The van der Waals surface area contributed by atoms with Crippen LogP contribution < -0.4 is 0 Å². The lowest BCUT2D eigenvalue weighted by atomic mass is 10.1. The summed E-state index contributed by atoms with van der Waals surface area (Å²) in [6.45, 7) is 0.127. The summed E-state index contributed by atoms with van der Waals surface area (Å²) in [6.07, 6.45) is 0.389. The van der Waals surface area contributed by atoms with Gasteiger partial charge < -0.3 is 14.9 Å². The average molecular weight is 155 g/mol. The molecule has 1 rings (SSSR count). The zero-order valence-corrected chi connectivity index (χ0v) is 5.84. The second kappa shape index (κ2) is 3.49. The molecule has 0 amide bonds. The second-order valence-corrected chi connectivity index (χ2v) is 2.34. The number of hydrogen-bond acceptors (Lipinski definition) is 4. The fourth-order valence-corrected chi connectivity index (χ4v) is 0.933. The van der Waals surface area contributed by atoms with Crippen LogP contribution in [0.25, 0.3) is 0 Å². The molecule has 1 fully saturated rings. The van der Waals surface area contributed by atoms with Crippen molar-refractivity contribution >= 4 is 0 Å². The van der Waals surface area contributed by atoms with Crippen molar-refractivity contribution < 1.29 is 14.9 Å². The highest BCUT2D eigenvalue weighted by atomic mass is 16.5. The molecule has 2 N–H and O–H groups in total. The molecule has 0 bridgehead atoms. The van der Waals surface area contributed by atoms with Gasteiger partial charge in [0.15, 0.2) is 0 Å². The molecule has 1 aliphatic heterocycles. The Morgan fingerprint density at radius 2 is 2.27 bits per heavy atom. The zero-order chi connectivity index (χ0) is 8.27. The number of hydrogen-bond donors (Lipinski definition) is 2. The molecular weight excluding hydrogens is 146 g/mol. The van der Waals surface area contributed by atoms with Gasteiger partial charge in [-0.15, -0.1) is 0 Å². The first-order valence-corrected chi connectivity index (χ1v) is 3.29. The van der Waals surface area contributed by atoms with Gasteiger partial charge in [0.1, 0.15) is 18.3 Å². The first-order chi connectivity index (χ1) is 5.25. The zero-order valence-electron chi connectivity index (χ0n) is 5.84. The Hall–Kier alpha value is -0.890. The molecule has 3 atom stereocenters. The van der Waals surface area contributed by atoms with Crippen LogP contribution >= 0.6 is 0 Å². The average Bonchev–Trinajstić information content (AvgIpc) is 2.31. The maximum Gasteiger partial charge on any atom is 0.112 e. The Kier molecular flexibility index (Phi) is 2.60. The number of nitrogens with zero attached hydrogens (tertiary/aromatic N) is 1. The van der Waals surface area contributed by atoms with Crippen LogP contribution in [0.3, 0.4) is 0 Å². The number of ether oxygens (including phenoxy) is 1. The highest BCUT2D eigenvalue weighted by Gasteiger charge is 2.32. The SMILES string of the molecule is N#C/C=C/[C@H]1OC[C@@H](O)[C@H]1O. The maximum absolute atomic E-state index is 9.15. The fraction of sp³-hybridized carbons (Fsp3) is 0.571. The number of rotatable bonds is 1. The van der Waals surface area contributed by atoms with Gasteiger partial charge in [-0.25, -0.2) is 0 Å². The predicted octanol–water partition coefficient (Wildman–Crippen LogP) is -0.813. The Morgan fingerprint density at radius 3 is 2.73 bits per heavy atom. The van der Waals surface area contributed by atoms with Crippen molar-refractivity contribution in [1.82, 2.24) is 0 Å².